The van der Waals surface area contributed by atoms with Gasteiger partial charge in [0, 0.05) is 11.1 Å². The largest absolute Gasteiger partial charge is 0.366 e. The maximum atomic E-state index is 12.0. The van der Waals surface area contributed by atoms with Gasteiger partial charge in [-0.25, -0.2) is 4.98 Å². The van der Waals surface area contributed by atoms with E-state index in [2.05, 4.69) is 10.3 Å². The third kappa shape index (κ3) is 3.20. The van der Waals surface area contributed by atoms with Crippen molar-refractivity contribution in [2.24, 2.45) is 5.73 Å². The van der Waals surface area contributed by atoms with Gasteiger partial charge >= 0.3 is 5.00 Å². The number of hydrogen-bond donors (Lipinski definition) is 2. The molecule has 9 heteroatoms. The van der Waals surface area contributed by atoms with Gasteiger partial charge in [0.25, 0.3) is 5.91 Å². The van der Waals surface area contributed by atoms with E-state index >= 15 is 0 Å². The highest BCUT2D eigenvalue weighted by Crippen LogP contribution is 2.29. The zero-order chi connectivity index (χ0) is 15.6. The molecule has 0 aliphatic heterocycles. The Morgan fingerprint density at radius 1 is 1.29 bits per heavy atom. The quantitative estimate of drug-likeness (QED) is 0.656. The molecule has 0 bridgehead atoms. The summed E-state index contributed by atoms with van der Waals surface area (Å²) in [5, 5.41) is 13.2. The van der Waals surface area contributed by atoms with Gasteiger partial charge in [-0.05, 0) is 42.5 Å². The van der Waals surface area contributed by atoms with Crippen LogP contribution in [0.5, 0.6) is 0 Å². The maximum absolute atomic E-state index is 12.0. The molecule has 1 heterocycles. The molecule has 3 N–H and O–H groups in total. The van der Waals surface area contributed by atoms with E-state index in [9.17, 15) is 19.7 Å². The predicted octanol–water partition coefficient (Wildman–Crippen LogP) is 1.71. The minimum atomic E-state index is -0.590. The highest BCUT2D eigenvalue weighted by Gasteiger charge is 2.19. The van der Waals surface area contributed by atoms with Gasteiger partial charge in [0.1, 0.15) is 5.69 Å². The second-order valence-electron chi connectivity index (χ2n) is 4.06. The molecule has 2 rings (SSSR count). The van der Waals surface area contributed by atoms with Crippen LogP contribution in [0.25, 0.3) is 0 Å². The summed E-state index contributed by atoms with van der Waals surface area (Å²) in [5.41, 5.74) is 5.91. The van der Waals surface area contributed by atoms with Gasteiger partial charge in [0.15, 0.2) is 5.13 Å². The molecular weight excluding hydrogens is 296 g/mol. The first-order valence-corrected chi connectivity index (χ1v) is 6.53. The second kappa shape index (κ2) is 5.67. The SMILES string of the molecule is Cc1nc(NC(=O)c2ccc(C(N)=O)cc2)sc1[N+](=O)[O-]. The first kappa shape index (κ1) is 14.6. The van der Waals surface area contributed by atoms with Crippen molar-refractivity contribution >= 4 is 33.3 Å². The molecule has 8 nitrogen and oxygen atoms in total. The Morgan fingerprint density at radius 2 is 1.86 bits per heavy atom. The summed E-state index contributed by atoms with van der Waals surface area (Å²) in [6, 6.07) is 5.72. The minimum Gasteiger partial charge on any atom is -0.366 e. The number of hydrogen-bond acceptors (Lipinski definition) is 6. The number of primary amides is 1. The fraction of sp³-hybridized carbons (Fsp3) is 0.0833. The highest BCUT2D eigenvalue weighted by molar-refractivity contribution is 7.19. The zero-order valence-corrected chi connectivity index (χ0v) is 11.6. The zero-order valence-electron chi connectivity index (χ0n) is 10.8. The topological polar surface area (TPSA) is 128 Å². The molecule has 2 amide bonds. The Bertz CT molecular complexity index is 723. The standard InChI is InChI=1S/C12H10N4O4S/c1-6-11(16(19)20)21-12(14-6)15-10(18)8-4-2-7(3-5-8)9(13)17/h2-5H,1H3,(H2,13,17)(H,14,15,18). The van der Waals surface area contributed by atoms with Crippen molar-refractivity contribution in [1.29, 1.82) is 0 Å². The van der Waals surface area contributed by atoms with E-state index in [4.69, 9.17) is 5.73 Å². The van der Waals surface area contributed by atoms with Crippen LogP contribution in [-0.4, -0.2) is 21.7 Å². The third-order valence-corrected chi connectivity index (χ3v) is 3.61. The fourth-order valence-electron chi connectivity index (χ4n) is 1.57. The fourth-order valence-corrected chi connectivity index (χ4v) is 2.34. The lowest BCUT2D eigenvalue weighted by atomic mass is 10.1. The van der Waals surface area contributed by atoms with Gasteiger partial charge < -0.3 is 5.73 Å². The molecule has 1 aromatic heterocycles. The molecule has 0 aliphatic carbocycles. The Kier molecular flexibility index (Phi) is 3.94. The van der Waals surface area contributed by atoms with Crippen molar-refractivity contribution in [3.05, 3.63) is 51.2 Å². The summed E-state index contributed by atoms with van der Waals surface area (Å²) >= 11 is 0.782. The lowest BCUT2D eigenvalue weighted by Gasteiger charge is -2.02. The molecule has 0 saturated carbocycles. The average molecular weight is 306 g/mol. The van der Waals surface area contributed by atoms with Gasteiger partial charge in [0.2, 0.25) is 5.91 Å². The first-order chi connectivity index (χ1) is 9.88. The average Bonchev–Trinajstić information content (AvgIpc) is 2.79. The van der Waals surface area contributed by atoms with Crippen LogP contribution in [0.1, 0.15) is 26.4 Å². The normalized spacial score (nSPS) is 10.1. The van der Waals surface area contributed by atoms with E-state index in [0.29, 0.717) is 0 Å². The lowest BCUT2D eigenvalue weighted by Crippen LogP contribution is -2.14. The smallest absolute Gasteiger partial charge is 0.348 e. The lowest BCUT2D eigenvalue weighted by molar-refractivity contribution is -0.380. The van der Waals surface area contributed by atoms with Crippen molar-refractivity contribution < 1.29 is 14.5 Å². The Hall–Kier alpha value is -2.81. The van der Waals surface area contributed by atoms with Crippen molar-refractivity contribution in [2.45, 2.75) is 6.92 Å². The predicted molar refractivity (Wildman–Crippen MR) is 76.4 cm³/mol. The molecule has 0 unspecified atom stereocenters. The molecule has 108 valence electrons. The van der Waals surface area contributed by atoms with E-state index in [-0.39, 0.29) is 27.0 Å². The number of rotatable bonds is 4. The number of anilines is 1. The summed E-state index contributed by atoms with van der Waals surface area (Å²) in [6.45, 7) is 1.49. The number of benzene rings is 1. The summed E-state index contributed by atoms with van der Waals surface area (Å²) in [5.74, 6) is -1.07. The van der Waals surface area contributed by atoms with Crippen LogP contribution in [0.15, 0.2) is 24.3 Å². The third-order valence-electron chi connectivity index (χ3n) is 2.59. The van der Waals surface area contributed by atoms with E-state index in [1.54, 1.807) is 0 Å². The van der Waals surface area contributed by atoms with Gasteiger partial charge in [0.05, 0.1) is 4.92 Å². The molecule has 2 aromatic rings. The number of aromatic nitrogens is 1. The Morgan fingerprint density at radius 3 is 2.33 bits per heavy atom. The highest BCUT2D eigenvalue weighted by atomic mass is 32.1. The number of thiazole rings is 1. The number of nitrogens with zero attached hydrogens (tertiary/aromatic N) is 2. The molecule has 21 heavy (non-hydrogen) atoms. The summed E-state index contributed by atoms with van der Waals surface area (Å²) in [4.78, 5) is 37.0. The van der Waals surface area contributed by atoms with E-state index in [0.717, 1.165) is 11.3 Å². The number of nitro groups is 1. The number of carbonyl (C=O) groups excluding carboxylic acids is 2. The molecular formula is C12H10N4O4S. The first-order valence-electron chi connectivity index (χ1n) is 5.71. The maximum Gasteiger partial charge on any atom is 0.348 e. The van der Waals surface area contributed by atoms with Crippen LogP contribution in [0.3, 0.4) is 0 Å². The minimum absolute atomic E-state index is 0.116. The molecule has 0 saturated heterocycles. The van der Waals surface area contributed by atoms with Crippen molar-refractivity contribution in [2.75, 3.05) is 5.32 Å². The summed E-state index contributed by atoms with van der Waals surface area (Å²) in [6.07, 6.45) is 0. The van der Waals surface area contributed by atoms with Crippen LogP contribution in [0.4, 0.5) is 10.1 Å². The van der Waals surface area contributed by atoms with Gasteiger partial charge in [-0.3, -0.25) is 25.0 Å². The number of amides is 2. The van der Waals surface area contributed by atoms with Crippen molar-refractivity contribution in [3.8, 4) is 0 Å². The van der Waals surface area contributed by atoms with Crippen molar-refractivity contribution in [1.82, 2.24) is 4.98 Å². The molecule has 0 spiro atoms. The van der Waals surface area contributed by atoms with Crippen molar-refractivity contribution in [3.63, 3.8) is 0 Å². The van der Waals surface area contributed by atoms with Gasteiger partial charge in [-0.15, -0.1) is 0 Å². The number of carbonyl (C=O) groups is 2. The van der Waals surface area contributed by atoms with E-state index in [1.807, 2.05) is 0 Å². The second-order valence-corrected chi connectivity index (χ2v) is 5.04. The number of nitrogens with one attached hydrogen (secondary N) is 1. The summed E-state index contributed by atoms with van der Waals surface area (Å²) in [7, 11) is 0. The molecule has 1 aromatic carbocycles. The molecule has 0 fully saturated rings. The molecule has 0 radical (unpaired) electrons. The molecule has 0 atom stereocenters. The van der Waals surface area contributed by atoms with Crippen LogP contribution >= 0.6 is 11.3 Å². The number of nitrogens with two attached hydrogens (primary N) is 1. The van der Waals surface area contributed by atoms with Gasteiger partial charge in [-0.1, -0.05) is 0 Å². The van der Waals surface area contributed by atoms with Crippen LogP contribution in [0.2, 0.25) is 0 Å². The number of aryl methyl sites for hydroxylation is 1. The van der Waals surface area contributed by atoms with Gasteiger partial charge in [-0.2, -0.15) is 0 Å². The van der Waals surface area contributed by atoms with E-state index in [1.165, 1.54) is 31.2 Å². The molecule has 0 aliphatic rings. The van der Waals surface area contributed by atoms with Crippen LogP contribution in [0, 0.1) is 17.0 Å². The Labute approximate surface area is 122 Å². The monoisotopic (exact) mass is 306 g/mol. The Balaban J connectivity index is 2.16. The van der Waals surface area contributed by atoms with Crippen LogP contribution in [-0.2, 0) is 0 Å². The van der Waals surface area contributed by atoms with Crippen LogP contribution < -0.4 is 11.1 Å². The summed E-state index contributed by atoms with van der Waals surface area (Å²) < 4.78 is 0. The van der Waals surface area contributed by atoms with E-state index < -0.39 is 16.7 Å².